The van der Waals surface area contributed by atoms with Crippen LogP contribution in [0.3, 0.4) is 0 Å². The number of hydrogen-bond acceptors (Lipinski definition) is 3. The van der Waals surface area contributed by atoms with Crippen molar-refractivity contribution in [2.75, 3.05) is 0 Å². The van der Waals surface area contributed by atoms with Crippen molar-refractivity contribution in [2.45, 2.75) is 139 Å². The molecule has 0 N–H and O–H groups in total. The van der Waals surface area contributed by atoms with E-state index in [1.54, 1.807) is 5.19 Å². The average Bonchev–Trinajstić information content (AvgIpc) is 3.76. The Kier molecular flexibility index (Phi) is 6.40. The van der Waals surface area contributed by atoms with Crippen LogP contribution in [0.4, 0.5) is 0 Å². The van der Waals surface area contributed by atoms with Crippen LogP contribution in [0.1, 0.15) is 82.6 Å². The Morgan fingerprint density at radius 2 is 0.971 bits per heavy atom. The van der Waals surface area contributed by atoms with E-state index in [9.17, 15) is 0 Å². The van der Waals surface area contributed by atoms with E-state index in [2.05, 4.69) is 31.2 Å². The molecule has 3 heterocycles. The Morgan fingerprint density at radius 3 is 1.34 bits per heavy atom. The second kappa shape index (κ2) is 9.56. The van der Waals surface area contributed by atoms with Gasteiger partial charge in [0.15, 0.2) is 0 Å². The van der Waals surface area contributed by atoms with Gasteiger partial charge in [0.2, 0.25) is 0 Å². The van der Waals surface area contributed by atoms with E-state index < -0.39 is 8.07 Å². The highest BCUT2D eigenvalue weighted by atomic mass is 28.3. The summed E-state index contributed by atoms with van der Waals surface area (Å²) in [5.74, 6) is 2.71. The second-order valence-corrected chi connectivity index (χ2v) is 18.1. The third-order valence-electron chi connectivity index (χ3n) is 11.1. The molecule has 0 amide bonds. The van der Waals surface area contributed by atoms with Crippen LogP contribution in [-0.4, -0.2) is 44.7 Å². The van der Waals surface area contributed by atoms with Gasteiger partial charge in [-0.2, -0.15) is 0 Å². The highest BCUT2D eigenvalue weighted by molar-refractivity contribution is 6.91. The first-order valence-electron chi connectivity index (χ1n) is 15.2. The van der Waals surface area contributed by atoms with Gasteiger partial charge < -0.3 is 14.2 Å². The minimum absolute atomic E-state index is 0.617. The van der Waals surface area contributed by atoms with Gasteiger partial charge in [-0.25, -0.2) is 0 Å². The zero-order chi connectivity index (χ0) is 23.4. The molecule has 9 unspecified atom stereocenters. The largest absolute Gasteiger partial charge is 0.370 e. The zero-order valence-electron chi connectivity index (χ0n) is 21.8. The molecule has 6 fully saturated rings. The molecule has 3 nitrogen and oxygen atoms in total. The molecule has 3 aliphatic carbocycles. The van der Waals surface area contributed by atoms with Gasteiger partial charge in [-0.15, -0.1) is 0 Å². The lowest BCUT2D eigenvalue weighted by molar-refractivity contribution is 0.352. The molecule has 35 heavy (non-hydrogen) atoms. The molecule has 6 aliphatic rings. The SMILES string of the molecule is Cc1ccc([Si](CCC2CCC3OC3C2)(CCC2CCC3OC3C2)CCC2CCC3OC3C2)cc1. The lowest BCUT2D eigenvalue weighted by atomic mass is 9.87. The van der Waals surface area contributed by atoms with Crippen LogP contribution in [0.2, 0.25) is 18.1 Å². The molecule has 7 rings (SSSR count). The number of benzene rings is 1. The lowest BCUT2D eigenvalue weighted by Gasteiger charge is -2.37. The maximum atomic E-state index is 5.91. The molecule has 4 heteroatoms. The summed E-state index contributed by atoms with van der Waals surface area (Å²) in [6, 6.07) is 14.4. The number of epoxide rings is 3. The number of ether oxygens (including phenoxy) is 3. The van der Waals surface area contributed by atoms with Gasteiger partial charge in [-0.3, -0.25) is 0 Å². The highest BCUT2D eigenvalue weighted by Gasteiger charge is 2.47. The molecule has 0 aromatic heterocycles. The van der Waals surface area contributed by atoms with E-state index in [0.717, 1.165) is 17.8 Å². The van der Waals surface area contributed by atoms with Crippen LogP contribution < -0.4 is 5.19 Å². The highest BCUT2D eigenvalue weighted by Crippen LogP contribution is 2.46. The average molecular weight is 495 g/mol. The van der Waals surface area contributed by atoms with Crippen LogP contribution in [0, 0.1) is 24.7 Å². The van der Waals surface area contributed by atoms with Crippen LogP contribution in [0.5, 0.6) is 0 Å². The smallest absolute Gasteiger partial charge is 0.0867 e. The quantitative estimate of drug-likeness (QED) is 0.274. The Bertz CT molecular complexity index is 807. The predicted molar refractivity (Wildman–Crippen MR) is 143 cm³/mol. The summed E-state index contributed by atoms with van der Waals surface area (Å²) in [4.78, 5) is 0. The zero-order valence-corrected chi connectivity index (χ0v) is 22.8. The maximum absolute atomic E-state index is 5.91. The van der Waals surface area contributed by atoms with E-state index >= 15 is 0 Å². The van der Waals surface area contributed by atoms with E-state index in [0.29, 0.717) is 36.6 Å². The van der Waals surface area contributed by atoms with Crippen LogP contribution in [-0.2, 0) is 14.2 Å². The van der Waals surface area contributed by atoms with Crippen molar-refractivity contribution in [3.05, 3.63) is 29.8 Å². The summed E-state index contributed by atoms with van der Waals surface area (Å²) in [6.07, 6.45) is 20.3. The first kappa shape index (κ1) is 23.4. The molecule has 3 saturated carbocycles. The van der Waals surface area contributed by atoms with Crippen LogP contribution >= 0.6 is 0 Å². The molecule has 0 spiro atoms. The summed E-state index contributed by atoms with van der Waals surface area (Å²) >= 11 is 0. The summed E-state index contributed by atoms with van der Waals surface area (Å²) in [5.41, 5.74) is 1.41. The number of aryl methyl sites for hydroxylation is 1. The number of hydrogen-bond donors (Lipinski definition) is 0. The second-order valence-electron chi connectivity index (χ2n) is 13.4. The predicted octanol–water partition coefficient (Wildman–Crippen LogP) is 6.52. The Balaban J connectivity index is 1.09. The molecule has 9 atom stereocenters. The van der Waals surface area contributed by atoms with Crippen molar-refractivity contribution < 1.29 is 14.2 Å². The van der Waals surface area contributed by atoms with E-state index in [1.165, 1.54) is 101 Å². The fourth-order valence-electron chi connectivity index (χ4n) is 8.40. The van der Waals surface area contributed by atoms with Crippen LogP contribution in [0.25, 0.3) is 0 Å². The third-order valence-corrected chi connectivity index (χ3v) is 16.4. The van der Waals surface area contributed by atoms with E-state index in [1.807, 2.05) is 0 Å². The normalized spacial score (nSPS) is 42.8. The summed E-state index contributed by atoms with van der Waals surface area (Å²) < 4.78 is 17.7. The molecule has 1 aromatic carbocycles. The molecule has 192 valence electrons. The molecule has 3 saturated heterocycles. The Morgan fingerprint density at radius 1 is 0.571 bits per heavy atom. The van der Waals surface area contributed by atoms with Gasteiger partial charge in [0.05, 0.1) is 44.7 Å². The Hall–Kier alpha value is -0.683. The topological polar surface area (TPSA) is 37.6 Å². The molecule has 3 aliphatic heterocycles. The molecular formula is C31H46O3Si. The standard InChI is InChI=1S/C31H46O3Si/c1-21-2-7-25(8-3-21)35(15-12-22-4-9-26-29(18-22)32-26,16-13-23-5-10-27-30(19-23)33-27)17-14-24-6-11-28-31(20-24)34-28/h2-3,7-8,22-24,26-31H,4-6,9-20H2,1H3. The fraction of sp³-hybridized carbons (Fsp3) is 0.806. The molecule has 0 bridgehead atoms. The van der Waals surface area contributed by atoms with Crippen molar-refractivity contribution >= 4 is 13.3 Å². The lowest BCUT2D eigenvalue weighted by Crippen LogP contribution is -2.48. The van der Waals surface area contributed by atoms with Gasteiger partial charge in [0, 0.05) is 0 Å². The van der Waals surface area contributed by atoms with Gasteiger partial charge in [-0.05, 0) is 82.5 Å². The minimum atomic E-state index is -1.59. The molecule has 0 radical (unpaired) electrons. The van der Waals surface area contributed by atoms with Crippen molar-refractivity contribution in [1.29, 1.82) is 0 Å². The number of rotatable bonds is 10. The van der Waals surface area contributed by atoms with Crippen LogP contribution in [0.15, 0.2) is 24.3 Å². The van der Waals surface area contributed by atoms with Gasteiger partial charge >= 0.3 is 0 Å². The third kappa shape index (κ3) is 5.33. The van der Waals surface area contributed by atoms with Gasteiger partial charge in [0.25, 0.3) is 0 Å². The maximum Gasteiger partial charge on any atom is 0.0867 e. The first-order valence-corrected chi connectivity index (χ1v) is 17.8. The van der Waals surface area contributed by atoms with Gasteiger partial charge in [0.1, 0.15) is 0 Å². The van der Waals surface area contributed by atoms with Crippen molar-refractivity contribution in [3.63, 3.8) is 0 Å². The number of fused-ring (bicyclic) bond motifs is 3. The Labute approximate surface area is 213 Å². The monoisotopic (exact) mass is 494 g/mol. The summed E-state index contributed by atoms with van der Waals surface area (Å²) in [5, 5.41) is 1.77. The van der Waals surface area contributed by atoms with E-state index in [-0.39, 0.29) is 0 Å². The van der Waals surface area contributed by atoms with Crippen molar-refractivity contribution in [2.24, 2.45) is 17.8 Å². The van der Waals surface area contributed by atoms with Crippen molar-refractivity contribution in [3.8, 4) is 0 Å². The summed E-state index contributed by atoms with van der Waals surface area (Å²) in [7, 11) is -1.59. The summed E-state index contributed by atoms with van der Waals surface area (Å²) in [6.45, 7) is 2.25. The minimum Gasteiger partial charge on any atom is -0.370 e. The van der Waals surface area contributed by atoms with Gasteiger partial charge in [-0.1, -0.05) is 72.4 Å². The molecule has 1 aromatic rings. The fourth-order valence-corrected chi connectivity index (χ4v) is 13.8. The van der Waals surface area contributed by atoms with E-state index in [4.69, 9.17) is 14.2 Å². The molecular weight excluding hydrogens is 448 g/mol. The van der Waals surface area contributed by atoms with Crippen molar-refractivity contribution in [1.82, 2.24) is 0 Å². The first-order chi connectivity index (χ1) is 17.1.